The minimum Gasteiger partial charge on any atom is -0.492 e. The van der Waals surface area contributed by atoms with Crippen LogP contribution < -0.4 is 10.1 Å². The highest BCUT2D eigenvalue weighted by Gasteiger charge is 2.06. The molecule has 0 fully saturated rings. The van der Waals surface area contributed by atoms with Gasteiger partial charge in [-0.2, -0.15) is 0 Å². The molecule has 1 aromatic carbocycles. The van der Waals surface area contributed by atoms with Crippen molar-refractivity contribution < 1.29 is 9.53 Å². The fourth-order valence-corrected chi connectivity index (χ4v) is 2.38. The third kappa shape index (κ3) is 4.43. The zero-order valence-electron chi connectivity index (χ0n) is 12.3. The number of thiazole rings is 1. The number of ether oxygens (including phenoxy) is 1. The predicted octanol–water partition coefficient (Wildman–Crippen LogP) is 3.81. The first-order chi connectivity index (χ1) is 10.1. The maximum Gasteiger partial charge on any atom is 0.248 e. The maximum atomic E-state index is 12.0. The van der Waals surface area contributed by atoms with E-state index in [0.29, 0.717) is 18.0 Å². The highest BCUT2D eigenvalue weighted by Crippen LogP contribution is 2.25. The molecule has 1 amide bonds. The van der Waals surface area contributed by atoms with Crippen LogP contribution in [0.25, 0.3) is 6.08 Å². The van der Waals surface area contributed by atoms with Crippen LogP contribution in [0.5, 0.6) is 5.75 Å². The summed E-state index contributed by atoms with van der Waals surface area (Å²) in [6.07, 6.45) is 3.18. The predicted molar refractivity (Wildman–Crippen MR) is 86.9 cm³/mol. The molecule has 0 aliphatic heterocycles. The average Bonchev–Trinajstić information content (AvgIpc) is 2.86. The molecule has 0 aliphatic carbocycles. The Hall–Kier alpha value is -2.14. The third-order valence-electron chi connectivity index (χ3n) is 2.74. The van der Waals surface area contributed by atoms with Crippen LogP contribution in [0.15, 0.2) is 29.7 Å². The Kier molecular flexibility index (Phi) is 5.11. The summed E-state index contributed by atoms with van der Waals surface area (Å²) in [4.78, 5) is 16.2. The van der Waals surface area contributed by atoms with Gasteiger partial charge < -0.3 is 10.1 Å². The second-order valence-corrected chi connectivity index (χ2v) is 5.61. The van der Waals surface area contributed by atoms with Gasteiger partial charge in [0, 0.05) is 11.5 Å². The molecule has 2 aromatic rings. The van der Waals surface area contributed by atoms with Gasteiger partial charge in [0.15, 0.2) is 0 Å². The molecule has 0 unspecified atom stereocenters. The number of nitrogens with one attached hydrogen (secondary N) is 1. The first kappa shape index (κ1) is 15.3. The highest BCUT2D eigenvalue weighted by atomic mass is 32.1. The van der Waals surface area contributed by atoms with Crippen molar-refractivity contribution in [1.29, 1.82) is 0 Å². The molecule has 0 saturated carbocycles. The summed E-state index contributed by atoms with van der Waals surface area (Å²) in [7, 11) is 0. The normalized spacial score (nSPS) is 10.8. The van der Waals surface area contributed by atoms with E-state index in [2.05, 4.69) is 10.3 Å². The van der Waals surface area contributed by atoms with Gasteiger partial charge in [-0.3, -0.25) is 4.79 Å². The van der Waals surface area contributed by atoms with Crippen molar-refractivity contribution in [2.24, 2.45) is 0 Å². The quantitative estimate of drug-likeness (QED) is 0.854. The van der Waals surface area contributed by atoms with Crippen LogP contribution in [-0.4, -0.2) is 17.5 Å². The van der Waals surface area contributed by atoms with Gasteiger partial charge in [-0.1, -0.05) is 6.07 Å². The Morgan fingerprint density at radius 1 is 1.43 bits per heavy atom. The molecule has 4 nitrogen and oxygen atoms in total. The van der Waals surface area contributed by atoms with Gasteiger partial charge in [0.05, 0.1) is 23.0 Å². The summed E-state index contributed by atoms with van der Waals surface area (Å²) in [5, 5.41) is 5.72. The topological polar surface area (TPSA) is 51.2 Å². The number of hydrogen-bond acceptors (Lipinski definition) is 4. The standard InChI is InChI=1S/C16H18N2O2S/c1-4-20-15-9-11(2)5-7-14(15)18-16(19)8-6-13-10-21-12(3)17-13/h5-10H,4H2,1-3H3,(H,18,19). The van der Waals surface area contributed by atoms with Crippen LogP contribution in [0.3, 0.4) is 0 Å². The van der Waals surface area contributed by atoms with Crippen LogP contribution in [0, 0.1) is 13.8 Å². The highest BCUT2D eigenvalue weighted by molar-refractivity contribution is 7.09. The first-order valence-corrected chi connectivity index (χ1v) is 7.61. The molecular formula is C16H18N2O2S. The zero-order chi connectivity index (χ0) is 15.2. The fourth-order valence-electron chi connectivity index (χ4n) is 1.80. The van der Waals surface area contributed by atoms with Crippen molar-refractivity contribution in [3.05, 3.63) is 45.9 Å². The molecule has 0 bridgehead atoms. The minimum atomic E-state index is -0.203. The number of carbonyl (C=O) groups excluding carboxylic acids is 1. The van der Waals surface area contributed by atoms with E-state index in [4.69, 9.17) is 4.74 Å². The molecule has 21 heavy (non-hydrogen) atoms. The van der Waals surface area contributed by atoms with E-state index in [9.17, 15) is 4.79 Å². The Morgan fingerprint density at radius 2 is 2.24 bits per heavy atom. The lowest BCUT2D eigenvalue weighted by Gasteiger charge is -2.11. The molecule has 1 heterocycles. The Bertz CT molecular complexity index is 662. The van der Waals surface area contributed by atoms with Crippen LogP contribution in [-0.2, 0) is 4.79 Å². The van der Waals surface area contributed by atoms with Crippen LogP contribution in [0.2, 0.25) is 0 Å². The summed E-state index contributed by atoms with van der Waals surface area (Å²) >= 11 is 1.56. The van der Waals surface area contributed by atoms with Crippen molar-refractivity contribution in [2.45, 2.75) is 20.8 Å². The molecule has 0 atom stereocenters. The molecule has 2 rings (SSSR count). The molecule has 1 aromatic heterocycles. The summed E-state index contributed by atoms with van der Waals surface area (Å²) in [6.45, 7) is 6.39. The van der Waals surface area contributed by atoms with E-state index in [1.807, 2.05) is 44.4 Å². The number of nitrogens with zero attached hydrogens (tertiary/aromatic N) is 1. The number of hydrogen-bond donors (Lipinski definition) is 1. The minimum absolute atomic E-state index is 0.203. The Labute approximate surface area is 128 Å². The van der Waals surface area contributed by atoms with Gasteiger partial charge in [0.2, 0.25) is 5.91 Å². The van der Waals surface area contributed by atoms with E-state index in [0.717, 1.165) is 16.3 Å². The largest absolute Gasteiger partial charge is 0.492 e. The van der Waals surface area contributed by atoms with Crippen molar-refractivity contribution in [3.63, 3.8) is 0 Å². The monoisotopic (exact) mass is 302 g/mol. The van der Waals surface area contributed by atoms with Crippen molar-refractivity contribution in [3.8, 4) is 5.75 Å². The zero-order valence-corrected chi connectivity index (χ0v) is 13.2. The molecule has 0 radical (unpaired) electrons. The molecule has 5 heteroatoms. The van der Waals surface area contributed by atoms with E-state index in [-0.39, 0.29) is 5.91 Å². The number of rotatable bonds is 5. The maximum absolute atomic E-state index is 12.0. The first-order valence-electron chi connectivity index (χ1n) is 6.73. The van der Waals surface area contributed by atoms with Gasteiger partial charge >= 0.3 is 0 Å². The second kappa shape index (κ2) is 7.04. The van der Waals surface area contributed by atoms with Gasteiger partial charge in [-0.05, 0) is 44.5 Å². The van der Waals surface area contributed by atoms with Crippen LogP contribution in [0.4, 0.5) is 5.69 Å². The number of aryl methyl sites for hydroxylation is 2. The van der Waals surface area contributed by atoms with Crippen molar-refractivity contribution in [1.82, 2.24) is 4.98 Å². The lowest BCUT2D eigenvalue weighted by Crippen LogP contribution is -2.09. The molecule has 110 valence electrons. The molecule has 0 spiro atoms. The number of anilines is 1. The average molecular weight is 302 g/mol. The van der Waals surface area contributed by atoms with Gasteiger partial charge in [0.25, 0.3) is 0 Å². The number of aromatic nitrogens is 1. The fraction of sp³-hybridized carbons (Fsp3) is 0.250. The van der Waals surface area contributed by atoms with Crippen molar-refractivity contribution >= 4 is 29.0 Å². The number of amides is 1. The number of carbonyl (C=O) groups is 1. The number of benzene rings is 1. The lowest BCUT2D eigenvalue weighted by atomic mass is 10.2. The Balaban J connectivity index is 2.07. The van der Waals surface area contributed by atoms with Crippen LogP contribution in [0.1, 0.15) is 23.2 Å². The van der Waals surface area contributed by atoms with E-state index >= 15 is 0 Å². The molecule has 0 saturated heterocycles. The second-order valence-electron chi connectivity index (χ2n) is 4.55. The summed E-state index contributed by atoms with van der Waals surface area (Å²) < 4.78 is 5.54. The van der Waals surface area contributed by atoms with Crippen molar-refractivity contribution in [2.75, 3.05) is 11.9 Å². The smallest absolute Gasteiger partial charge is 0.248 e. The molecule has 0 aliphatic rings. The summed E-state index contributed by atoms with van der Waals surface area (Å²) in [5.41, 5.74) is 2.55. The Morgan fingerprint density at radius 3 is 2.90 bits per heavy atom. The van der Waals surface area contributed by atoms with Gasteiger partial charge in [-0.15, -0.1) is 11.3 Å². The SMILES string of the molecule is CCOc1cc(C)ccc1NC(=O)C=Cc1csc(C)n1. The van der Waals surface area contributed by atoms with Crippen LogP contribution >= 0.6 is 11.3 Å². The molecular weight excluding hydrogens is 284 g/mol. The van der Waals surface area contributed by atoms with E-state index in [1.54, 1.807) is 17.4 Å². The summed E-state index contributed by atoms with van der Waals surface area (Å²) in [6, 6.07) is 5.69. The van der Waals surface area contributed by atoms with Gasteiger partial charge in [-0.25, -0.2) is 4.98 Å². The lowest BCUT2D eigenvalue weighted by molar-refractivity contribution is -0.111. The summed E-state index contributed by atoms with van der Waals surface area (Å²) in [5.74, 6) is 0.481. The van der Waals surface area contributed by atoms with Gasteiger partial charge in [0.1, 0.15) is 5.75 Å². The van der Waals surface area contributed by atoms with E-state index < -0.39 is 0 Å². The molecule has 1 N–H and O–H groups in total. The third-order valence-corrected chi connectivity index (χ3v) is 3.53. The van der Waals surface area contributed by atoms with E-state index in [1.165, 1.54) is 6.08 Å².